The number of rotatable bonds is 7. The maximum absolute atomic E-state index is 12.9. The van der Waals surface area contributed by atoms with Gasteiger partial charge in [-0.1, -0.05) is 24.7 Å². The minimum atomic E-state index is -3.53. The van der Waals surface area contributed by atoms with Crippen molar-refractivity contribution in [2.75, 3.05) is 19.7 Å². The van der Waals surface area contributed by atoms with Gasteiger partial charge in [0.25, 0.3) is 5.91 Å². The number of aryl methyl sites for hydroxylation is 1. The molecule has 0 spiro atoms. The molecule has 1 fully saturated rings. The molecule has 0 aliphatic carbocycles. The van der Waals surface area contributed by atoms with E-state index in [1.807, 2.05) is 29.7 Å². The van der Waals surface area contributed by atoms with Crippen molar-refractivity contribution in [1.82, 2.24) is 8.87 Å². The SMILES string of the molecule is CCCn1c(=NC(=O)c2ccc(S(=O)(=O)N3CCCCC3)cc2)sc2cc(OCC)ccc21. The molecule has 0 saturated carbocycles. The molecule has 4 rings (SSSR count). The van der Waals surface area contributed by atoms with Crippen LogP contribution in [0.3, 0.4) is 0 Å². The number of thiazole rings is 1. The zero-order valence-corrected chi connectivity index (χ0v) is 20.6. The first-order chi connectivity index (χ1) is 15.9. The maximum atomic E-state index is 12.9. The highest BCUT2D eigenvalue weighted by molar-refractivity contribution is 7.89. The minimum absolute atomic E-state index is 0.215. The molecule has 0 radical (unpaired) electrons. The first-order valence-electron chi connectivity index (χ1n) is 11.4. The van der Waals surface area contributed by atoms with Gasteiger partial charge in [0.05, 0.1) is 21.7 Å². The number of hydrogen-bond donors (Lipinski definition) is 0. The van der Waals surface area contributed by atoms with Gasteiger partial charge < -0.3 is 9.30 Å². The van der Waals surface area contributed by atoms with Gasteiger partial charge in [-0.3, -0.25) is 4.79 Å². The predicted molar refractivity (Wildman–Crippen MR) is 130 cm³/mol. The Hall–Kier alpha value is -2.49. The third kappa shape index (κ3) is 5.05. The lowest BCUT2D eigenvalue weighted by Gasteiger charge is -2.25. The molecule has 0 atom stereocenters. The van der Waals surface area contributed by atoms with Crippen LogP contribution in [0.2, 0.25) is 0 Å². The van der Waals surface area contributed by atoms with Crippen LogP contribution in [0.5, 0.6) is 5.75 Å². The van der Waals surface area contributed by atoms with Crippen LogP contribution >= 0.6 is 11.3 Å². The summed E-state index contributed by atoms with van der Waals surface area (Å²) in [6.45, 7) is 6.45. The van der Waals surface area contributed by atoms with Gasteiger partial charge in [0.1, 0.15) is 5.75 Å². The van der Waals surface area contributed by atoms with E-state index in [1.54, 1.807) is 12.1 Å². The molecule has 2 heterocycles. The zero-order valence-electron chi connectivity index (χ0n) is 19.0. The second-order valence-corrected chi connectivity index (χ2v) is 11.0. The summed E-state index contributed by atoms with van der Waals surface area (Å²) in [5.41, 5.74) is 1.38. The molecule has 2 aromatic carbocycles. The number of benzene rings is 2. The van der Waals surface area contributed by atoms with Crippen LogP contribution in [-0.2, 0) is 16.6 Å². The number of aromatic nitrogens is 1. The summed E-state index contributed by atoms with van der Waals surface area (Å²) >= 11 is 1.45. The third-order valence-electron chi connectivity index (χ3n) is 5.66. The van der Waals surface area contributed by atoms with Gasteiger partial charge in [-0.2, -0.15) is 9.30 Å². The van der Waals surface area contributed by atoms with Crippen LogP contribution in [0.15, 0.2) is 52.4 Å². The molecule has 0 N–H and O–H groups in total. The van der Waals surface area contributed by atoms with Crippen molar-refractivity contribution < 1.29 is 17.9 Å². The number of nitrogens with zero attached hydrogens (tertiary/aromatic N) is 3. The third-order valence-corrected chi connectivity index (χ3v) is 8.62. The number of hydrogen-bond acceptors (Lipinski definition) is 5. The second kappa shape index (κ2) is 10.2. The number of sulfonamides is 1. The van der Waals surface area contributed by atoms with Gasteiger partial charge in [0.2, 0.25) is 10.0 Å². The smallest absolute Gasteiger partial charge is 0.279 e. The van der Waals surface area contributed by atoms with Crippen LogP contribution < -0.4 is 9.54 Å². The Bertz CT molecular complexity index is 1300. The number of piperidine rings is 1. The number of ether oxygens (including phenoxy) is 1. The van der Waals surface area contributed by atoms with Gasteiger partial charge in [-0.05, 0) is 68.7 Å². The lowest BCUT2D eigenvalue weighted by molar-refractivity contribution is 0.0997. The Morgan fingerprint density at radius 2 is 1.79 bits per heavy atom. The average Bonchev–Trinajstić information content (AvgIpc) is 3.16. The van der Waals surface area contributed by atoms with Gasteiger partial charge in [-0.25, -0.2) is 8.42 Å². The van der Waals surface area contributed by atoms with Crippen LogP contribution in [-0.4, -0.2) is 42.9 Å². The summed E-state index contributed by atoms with van der Waals surface area (Å²) in [4.78, 5) is 18.1. The Balaban J connectivity index is 1.64. The quantitative estimate of drug-likeness (QED) is 0.494. The minimum Gasteiger partial charge on any atom is -0.494 e. The molecular formula is C24H29N3O4S2. The van der Waals surface area contributed by atoms with E-state index < -0.39 is 15.9 Å². The molecule has 7 nitrogen and oxygen atoms in total. The first-order valence-corrected chi connectivity index (χ1v) is 13.6. The maximum Gasteiger partial charge on any atom is 0.279 e. The summed E-state index contributed by atoms with van der Waals surface area (Å²) in [5, 5.41) is 0. The fourth-order valence-electron chi connectivity index (χ4n) is 4.01. The highest BCUT2D eigenvalue weighted by atomic mass is 32.2. The van der Waals surface area contributed by atoms with Crippen LogP contribution in [0.4, 0.5) is 0 Å². The van der Waals surface area contributed by atoms with Crippen LogP contribution in [0, 0.1) is 0 Å². The molecule has 9 heteroatoms. The summed E-state index contributed by atoms with van der Waals surface area (Å²) in [7, 11) is -3.53. The molecule has 176 valence electrons. The Morgan fingerprint density at radius 1 is 1.06 bits per heavy atom. The second-order valence-electron chi connectivity index (χ2n) is 8.00. The molecule has 1 aromatic heterocycles. The molecular weight excluding hydrogens is 458 g/mol. The van der Waals surface area contributed by atoms with E-state index in [2.05, 4.69) is 11.9 Å². The number of carbonyl (C=O) groups is 1. The molecule has 3 aromatic rings. The topological polar surface area (TPSA) is 81.0 Å². The normalized spacial score (nSPS) is 15.8. The molecule has 1 amide bonds. The van der Waals surface area contributed by atoms with Crippen molar-refractivity contribution >= 4 is 37.5 Å². The van der Waals surface area contributed by atoms with Crippen molar-refractivity contribution in [3.63, 3.8) is 0 Å². The summed E-state index contributed by atoms with van der Waals surface area (Å²) in [6.07, 6.45) is 3.73. The molecule has 0 bridgehead atoms. The van der Waals surface area contributed by atoms with Crippen molar-refractivity contribution in [1.29, 1.82) is 0 Å². The highest BCUT2D eigenvalue weighted by Crippen LogP contribution is 2.24. The fourth-order valence-corrected chi connectivity index (χ4v) is 6.61. The molecule has 1 aliphatic heterocycles. The van der Waals surface area contributed by atoms with Crippen molar-refractivity contribution in [2.24, 2.45) is 4.99 Å². The number of amides is 1. The van der Waals surface area contributed by atoms with Gasteiger partial charge in [-0.15, -0.1) is 0 Å². The zero-order chi connectivity index (χ0) is 23.4. The highest BCUT2D eigenvalue weighted by Gasteiger charge is 2.26. The van der Waals surface area contributed by atoms with Gasteiger partial charge in [0.15, 0.2) is 4.80 Å². The van der Waals surface area contributed by atoms with Gasteiger partial charge >= 0.3 is 0 Å². The van der Waals surface area contributed by atoms with Crippen molar-refractivity contribution in [3.05, 3.63) is 52.8 Å². The molecule has 33 heavy (non-hydrogen) atoms. The number of fused-ring (bicyclic) bond motifs is 1. The van der Waals surface area contributed by atoms with E-state index in [9.17, 15) is 13.2 Å². The fraction of sp³-hybridized carbons (Fsp3) is 0.417. The van der Waals surface area contributed by atoms with Crippen molar-refractivity contribution in [3.8, 4) is 5.75 Å². The lowest BCUT2D eigenvalue weighted by atomic mass is 10.2. The summed E-state index contributed by atoms with van der Waals surface area (Å²) in [6, 6.07) is 12.0. The molecule has 1 saturated heterocycles. The first kappa shape index (κ1) is 23.7. The Morgan fingerprint density at radius 3 is 2.45 bits per heavy atom. The summed E-state index contributed by atoms with van der Waals surface area (Å²) in [5.74, 6) is 0.400. The van der Waals surface area contributed by atoms with Crippen LogP contribution in [0.1, 0.15) is 49.9 Å². The predicted octanol–water partition coefficient (Wildman–Crippen LogP) is 4.43. The van der Waals surface area contributed by atoms with Crippen molar-refractivity contribution in [2.45, 2.75) is 51.0 Å². The largest absolute Gasteiger partial charge is 0.494 e. The number of carbonyl (C=O) groups excluding carboxylic acids is 1. The standard InChI is InChI=1S/C24H29N3O4S2/c1-3-14-27-21-13-10-19(31-4-2)17-22(21)32-24(27)25-23(28)18-8-11-20(12-9-18)33(29,30)26-15-6-5-7-16-26/h8-13,17H,3-7,14-16H2,1-2H3. The van der Waals surface area contributed by atoms with E-state index >= 15 is 0 Å². The Kier molecular flexibility index (Phi) is 7.31. The van der Waals surface area contributed by atoms with Crippen LogP contribution in [0.25, 0.3) is 10.2 Å². The molecule has 0 unspecified atom stereocenters. The van der Waals surface area contributed by atoms with E-state index in [1.165, 1.54) is 27.8 Å². The van der Waals surface area contributed by atoms with Gasteiger partial charge in [0, 0.05) is 25.2 Å². The van der Waals surface area contributed by atoms with E-state index in [-0.39, 0.29) is 4.90 Å². The lowest BCUT2D eigenvalue weighted by Crippen LogP contribution is -2.35. The van der Waals surface area contributed by atoms with E-state index in [4.69, 9.17) is 4.74 Å². The summed E-state index contributed by atoms with van der Waals surface area (Å²) < 4.78 is 35.9. The van der Waals surface area contributed by atoms with E-state index in [0.29, 0.717) is 30.1 Å². The van der Waals surface area contributed by atoms with E-state index in [0.717, 1.165) is 48.2 Å². The average molecular weight is 488 g/mol. The monoisotopic (exact) mass is 487 g/mol. The Labute approximate surface area is 198 Å². The molecule has 1 aliphatic rings.